The van der Waals surface area contributed by atoms with Crippen molar-refractivity contribution in [1.29, 1.82) is 0 Å². The van der Waals surface area contributed by atoms with Gasteiger partial charge >= 0.3 is 11.4 Å². The first-order chi connectivity index (χ1) is 16.0. The number of oxazole rings is 1. The first-order valence-electron chi connectivity index (χ1n) is 10.0. The van der Waals surface area contributed by atoms with E-state index in [1.165, 1.54) is 24.7 Å². The van der Waals surface area contributed by atoms with Crippen LogP contribution >= 0.6 is 0 Å². The van der Waals surface area contributed by atoms with Gasteiger partial charge in [-0.2, -0.15) is 5.10 Å². The smallest absolute Gasteiger partial charge is 0.310 e. The van der Waals surface area contributed by atoms with Crippen molar-refractivity contribution in [3.63, 3.8) is 0 Å². The molecule has 0 spiro atoms. The Kier molecular flexibility index (Phi) is 4.82. The molecule has 1 fully saturated rings. The molecule has 1 saturated carbocycles. The van der Waals surface area contributed by atoms with Gasteiger partial charge in [-0.25, -0.2) is 25.9 Å². The number of nitrogens with zero attached hydrogens (tertiary/aromatic N) is 6. The molecule has 0 saturated heterocycles. The maximum atomic E-state index is 14.2. The van der Waals surface area contributed by atoms with Gasteiger partial charge in [-0.05, 0) is 6.07 Å². The maximum absolute atomic E-state index is 14.2. The van der Waals surface area contributed by atoms with Crippen LogP contribution in [0.1, 0.15) is 18.4 Å². The number of benzene rings is 1. The van der Waals surface area contributed by atoms with Crippen LogP contribution in [-0.4, -0.2) is 36.2 Å². The number of nitrogens with one attached hydrogen (secondary N) is 1. The van der Waals surface area contributed by atoms with E-state index in [1.807, 2.05) is 0 Å². The highest BCUT2D eigenvalue weighted by atomic mass is 19.1. The average Bonchev–Trinajstić information content (AvgIpc) is 3.22. The van der Waals surface area contributed by atoms with Crippen LogP contribution in [-0.2, 0) is 11.3 Å². The summed E-state index contributed by atoms with van der Waals surface area (Å²) in [6.45, 7) is 7.33. The van der Waals surface area contributed by atoms with Crippen LogP contribution in [0.2, 0.25) is 0 Å². The molecular formula is C22H17FN8O2. The lowest BCUT2D eigenvalue weighted by Gasteiger charge is -2.08. The quantitative estimate of drug-likeness (QED) is 0.437. The third-order valence-electron chi connectivity index (χ3n) is 5.37. The Labute approximate surface area is 187 Å². The standard InChI is InChI=1S/C22H17FN8O2/c1-25-22(6-7-22)21(32)28-16-11-27-19(29-18(16)24)15-10-17(20-26-8-9-33-20)31(30-15)12-13-4-2-3-5-14(13)23/h2-5,8-11H,6-7,12H2,(H,28,32)(H2,24,27,29). The summed E-state index contributed by atoms with van der Waals surface area (Å²) in [5.41, 5.74) is 6.55. The molecule has 1 aliphatic rings. The van der Waals surface area contributed by atoms with Crippen molar-refractivity contribution < 1.29 is 13.6 Å². The highest BCUT2D eigenvalue weighted by Gasteiger charge is 2.58. The van der Waals surface area contributed by atoms with Crippen LogP contribution in [0.3, 0.4) is 0 Å². The van der Waals surface area contributed by atoms with Gasteiger partial charge in [0.2, 0.25) is 5.89 Å². The fourth-order valence-electron chi connectivity index (χ4n) is 3.32. The van der Waals surface area contributed by atoms with Gasteiger partial charge in [-0.1, -0.05) is 18.2 Å². The molecule has 0 radical (unpaired) electrons. The van der Waals surface area contributed by atoms with E-state index >= 15 is 0 Å². The summed E-state index contributed by atoms with van der Waals surface area (Å²) in [4.78, 5) is 28.4. The molecule has 1 aliphatic carbocycles. The van der Waals surface area contributed by atoms with E-state index in [2.05, 4.69) is 30.2 Å². The minimum absolute atomic E-state index is 0.0375. The van der Waals surface area contributed by atoms with E-state index in [9.17, 15) is 9.18 Å². The monoisotopic (exact) mass is 444 g/mol. The molecule has 0 aliphatic heterocycles. The number of nitrogens with two attached hydrogens (primary N) is 1. The molecule has 1 aromatic carbocycles. The number of aromatic nitrogens is 5. The number of anilines is 2. The molecule has 4 aromatic rings. The Hall–Kier alpha value is -4.59. The van der Waals surface area contributed by atoms with Crippen molar-refractivity contribution in [2.24, 2.45) is 0 Å². The highest BCUT2D eigenvalue weighted by Crippen LogP contribution is 2.41. The molecule has 10 nitrogen and oxygen atoms in total. The second-order valence-electron chi connectivity index (χ2n) is 7.59. The van der Waals surface area contributed by atoms with E-state index < -0.39 is 11.4 Å². The van der Waals surface area contributed by atoms with E-state index in [4.69, 9.17) is 16.7 Å². The van der Waals surface area contributed by atoms with Gasteiger partial charge < -0.3 is 15.5 Å². The van der Waals surface area contributed by atoms with Crippen molar-refractivity contribution in [3.8, 4) is 23.1 Å². The van der Waals surface area contributed by atoms with Crippen molar-refractivity contribution in [3.05, 3.63) is 71.8 Å². The van der Waals surface area contributed by atoms with Gasteiger partial charge in [0, 0.05) is 24.5 Å². The van der Waals surface area contributed by atoms with Gasteiger partial charge in [0.1, 0.15) is 29.2 Å². The van der Waals surface area contributed by atoms with E-state index in [0.29, 0.717) is 35.7 Å². The summed E-state index contributed by atoms with van der Waals surface area (Å²) in [6, 6.07) is 8.06. The van der Waals surface area contributed by atoms with Crippen LogP contribution in [0.15, 0.2) is 53.4 Å². The lowest BCUT2D eigenvalue weighted by atomic mass is 10.2. The number of carbonyl (C=O) groups excluding carboxylic acids is 1. The zero-order valence-electron chi connectivity index (χ0n) is 17.2. The van der Waals surface area contributed by atoms with Crippen molar-refractivity contribution >= 4 is 17.4 Å². The van der Waals surface area contributed by atoms with Gasteiger partial charge in [0.05, 0.1) is 18.9 Å². The first-order valence-corrected chi connectivity index (χ1v) is 10.0. The molecular weight excluding hydrogens is 427 g/mol. The highest BCUT2D eigenvalue weighted by molar-refractivity contribution is 6.03. The predicted octanol–water partition coefficient (Wildman–Crippen LogP) is 3.16. The van der Waals surface area contributed by atoms with Crippen LogP contribution < -0.4 is 11.1 Å². The summed E-state index contributed by atoms with van der Waals surface area (Å²) >= 11 is 0. The Morgan fingerprint density at radius 3 is 2.82 bits per heavy atom. The summed E-state index contributed by atoms with van der Waals surface area (Å²) in [7, 11) is 0. The third-order valence-corrected chi connectivity index (χ3v) is 5.37. The maximum Gasteiger partial charge on any atom is 0.310 e. The molecule has 33 heavy (non-hydrogen) atoms. The Morgan fingerprint density at radius 1 is 1.33 bits per heavy atom. The molecule has 0 unspecified atom stereocenters. The van der Waals surface area contributed by atoms with Crippen LogP contribution in [0, 0.1) is 12.4 Å². The lowest BCUT2D eigenvalue weighted by molar-refractivity contribution is -0.117. The van der Waals surface area contributed by atoms with Crippen molar-refractivity contribution in [2.75, 3.05) is 11.1 Å². The van der Waals surface area contributed by atoms with Crippen molar-refractivity contribution in [2.45, 2.75) is 24.9 Å². The number of hydrogen-bond acceptors (Lipinski definition) is 7. The average molecular weight is 444 g/mol. The Morgan fingerprint density at radius 2 is 2.15 bits per heavy atom. The van der Waals surface area contributed by atoms with Crippen molar-refractivity contribution in [1.82, 2.24) is 24.7 Å². The van der Waals surface area contributed by atoms with Gasteiger partial charge in [0.25, 0.3) is 0 Å². The number of amides is 1. The predicted molar refractivity (Wildman–Crippen MR) is 116 cm³/mol. The van der Waals surface area contributed by atoms with E-state index in [-0.39, 0.29) is 29.7 Å². The molecule has 5 rings (SSSR count). The number of nitrogen functional groups attached to an aromatic ring is 1. The molecule has 3 aromatic heterocycles. The van der Waals surface area contributed by atoms with E-state index in [0.717, 1.165) is 0 Å². The molecule has 164 valence electrons. The molecule has 3 heterocycles. The van der Waals surface area contributed by atoms with Gasteiger partial charge in [-0.3, -0.25) is 14.3 Å². The number of rotatable bonds is 6. The zero-order chi connectivity index (χ0) is 23.0. The molecule has 3 N–H and O–H groups in total. The van der Waals surface area contributed by atoms with E-state index in [1.54, 1.807) is 28.9 Å². The molecule has 0 atom stereocenters. The SMILES string of the molecule is [C-]#[N+]C1(C(=O)Nc2cnc(-c3cc(-c4ncco4)n(Cc4ccccc4F)n3)nc2N)CC1. The zero-order valence-corrected chi connectivity index (χ0v) is 17.2. The second-order valence-corrected chi connectivity index (χ2v) is 7.59. The third kappa shape index (κ3) is 3.78. The first kappa shape index (κ1) is 20.3. The normalized spacial score (nSPS) is 13.9. The molecule has 11 heteroatoms. The summed E-state index contributed by atoms with van der Waals surface area (Å²) in [5.74, 6) is -0.231. The topological polar surface area (TPSA) is 129 Å². The Balaban J connectivity index is 1.47. The fourth-order valence-corrected chi connectivity index (χ4v) is 3.32. The lowest BCUT2D eigenvalue weighted by Crippen LogP contribution is -2.27. The van der Waals surface area contributed by atoms with Gasteiger partial charge in [-0.15, -0.1) is 0 Å². The molecule has 1 amide bonds. The minimum atomic E-state index is -1.01. The van der Waals surface area contributed by atoms with Crippen LogP contribution in [0.5, 0.6) is 0 Å². The summed E-state index contributed by atoms with van der Waals surface area (Å²) in [5, 5.41) is 7.13. The Bertz CT molecular complexity index is 1390. The minimum Gasteiger partial charge on any atom is -0.443 e. The second kappa shape index (κ2) is 7.83. The number of halogens is 1. The van der Waals surface area contributed by atoms with Crippen LogP contribution in [0.4, 0.5) is 15.9 Å². The fraction of sp³-hybridized carbons (Fsp3) is 0.182. The summed E-state index contributed by atoms with van der Waals surface area (Å²) < 4.78 is 21.2. The number of carbonyl (C=O) groups is 1. The number of hydrogen-bond donors (Lipinski definition) is 2. The van der Waals surface area contributed by atoms with Crippen LogP contribution in [0.25, 0.3) is 27.9 Å². The molecule has 0 bridgehead atoms. The summed E-state index contributed by atoms with van der Waals surface area (Å²) in [6.07, 6.45) is 5.33. The van der Waals surface area contributed by atoms with Gasteiger partial charge in [0.15, 0.2) is 11.6 Å². The largest absolute Gasteiger partial charge is 0.443 e.